The van der Waals surface area contributed by atoms with Gasteiger partial charge < -0.3 is 4.74 Å². The highest BCUT2D eigenvalue weighted by Gasteiger charge is 2.11. The molecule has 4 heteroatoms. The molecule has 0 saturated heterocycles. The largest absolute Gasteiger partial charge is 0.338 e. The van der Waals surface area contributed by atoms with Gasteiger partial charge in [0.1, 0.15) is 0 Å². The Bertz CT molecular complexity index is 48.1. The molecule has 0 bridgehead atoms. The number of ether oxygens (including phenoxy) is 1. The fourth-order valence-corrected chi connectivity index (χ4v) is 0.102. The SMILES string of the molecule is CNC(N)(N)OC. The quantitative estimate of drug-likeness (QED) is 0.369. The predicted molar refractivity (Wildman–Crippen MR) is 27.2 cm³/mol. The Morgan fingerprint density at radius 2 is 2.00 bits per heavy atom. The third-order valence-corrected chi connectivity index (χ3v) is 0.729. The maximum Gasteiger partial charge on any atom is 0.229 e. The zero-order valence-corrected chi connectivity index (χ0v) is 4.56. The number of hydrogen-bond donors (Lipinski definition) is 3. The molecule has 4 nitrogen and oxygen atoms in total. The van der Waals surface area contributed by atoms with E-state index in [1.54, 1.807) is 7.05 Å². The summed E-state index contributed by atoms with van der Waals surface area (Å²) in [4.78, 5) is 0. The van der Waals surface area contributed by atoms with E-state index in [2.05, 4.69) is 10.1 Å². The molecule has 0 spiro atoms. The molecular formula is C3H11N3O. The van der Waals surface area contributed by atoms with Crippen LogP contribution in [0.5, 0.6) is 0 Å². The van der Waals surface area contributed by atoms with Gasteiger partial charge in [-0.05, 0) is 7.05 Å². The maximum atomic E-state index is 5.16. The average molecular weight is 105 g/mol. The van der Waals surface area contributed by atoms with Crippen LogP contribution in [0.4, 0.5) is 0 Å². The fourth-order valence-electron chi connectivity index (χ4n) is 0.102. The van der Waals surface area contributed by atoms with Gasteiger partial charge in [0.2, 0.25) is 5.97 Å². The van der Waals surface area contributed by atoms with Crippen molar-refractivity contribution in [2.24, 2.45) is 11.5 Å². The van der Waals surface area contributed by atoms with Crippen molar-refractivity contribution in [2.75, 3.05) is 14.2 Å². The molecule has 0 rings (SSSR count). The lowest BCUT2D eigenvalue weighted by atomic mass is 10.8. The lowest BCUT2D eigenvalue weighted by Crippen LogP contribution is -2.61. The highest BCUT2D eigenvalue weighted by Crippen LogP contribution is 1.77. The molecule has 0 aliphatic carbocycles. The summed E-state index contributed by atoms with van der Waals surface area (Å²) in [5.74, 6) is -1.17. The van der Waals surface area contributed by atoms with E-state index in [4.69, 9.17) is 11.5 Å². The van der Waals surface area contributed by atoms with Crippen LogP contribution in [-0.2, 0) is 4.74 Å². The zero-order valence-electron chi connectivity index (χ0n) is 4.56. The molecule has 0 saturated carbocycles. The Labute approximate surface area is 42.8 Å². The molecule has 5 N–H and O–H groups in total. The molecule has 0 fully saturated rings. The van der Waals surface area contributed by atoms with Gasteiger partial charge >= 0.3 is 0 Å². The van der Waals surface area contributed by atoms with Crippen molar-refractivity contribution in [2.45, 2.75) is 5.97 Å². The van der Waals surface area contributed by atoms with E-state index >= 15 is 0 Å². The summed E-state index contributed by atoms with van der Waals surface area (Å²) in [6.07, 6.45) is 0. The van der Waals surface area contributed by atoms with E-state index in [0.717, 1.165) is 0 Å². The molecule has 44 valence electrons. The molecule has 7 heavy (non-hydrogen) atoms. The first kappa shape index (κ1) is 6.84. The minimum Gasteiger partial charge on any atom is -0.338 e. The molecule has 0 aromatic carbocycles. The van der Waals surface area contributed by atoms with Crippen molar-refractivity contribution in [1.82, 2.24) is 5.32 Å². The Balaban J connectivity index is 3.36. The molecule has 0 aromatic rings. The van der Waals surface area contributed by atoms with Crippen molar-refractivity contribution >= 4 is 0 Å². The van der Waals surface area contributed by atoms with Crippen LogP contribution in [0, 0.1) is 0 Å². The third-order valence-electron chi connectivity index (χ3n) is 0.729. The van der Waals surface area contributed by atoms with Gasteiger partial charge in [0.25, 0.3) is 0 Å². The van der Waals surface area contributed by atoms with Crippen molar-refractivity contribution in [1.29, 1.82) is 0 Å². The first-order valence-electron chi connectivity index (χ1n) is 1.94. The van der Waals surface area contributed by atoms with E-state index in [1.165, 1.54) is 7.11 Å². The van der Waals surface area contributed by atoms with Gasteiger partial charge in [0, 0.05) is 7.11 Å². The van der Waals surface area contributed by atoms with Crippen LogP contribution in [0.3, 0.4) is 0 Å². The highest BCUT2D eigenvalue weighted by atomic mass is 16.5. The number of nitrogens with two attached hydrogens (primary N) is 2. The topological polar surface area (TPSA) is 73.3 Å². The monoisotopic (exact) mass is 105 g/mol. The molecular weight excluding hydrogens is 94.1 g/mol. The van der Waals surface area contributed by atoms with Crippen molar-refractivity contribution in [3.8, 4) is 0 Å². The number of nitrogens with one attached hydrogen (secondary N) is 1. The third kappa shape index (κ3) is 2.52. The summed E-state index contributed by atoms with van der Waals surface area (Å²) in [6.45, 7) is 0. The molecule has 0 atom stereocenters. The van der Waals surface area contributed by atoms with Gasteiger partial charge in [-0.3, -0.25) is 16.8 Å². The molecule has 0 aromatic heterocycles. The first-order valence-corrected chi connectivity index (χ1v) is 1.94. The van der Waals surface area contributed by atoms with E-state index < -0.39 is 5.97 Å². The van der Waals surface area contributed by atoms with E-state index in [9.17, 15) is 0 Å². The summed E-state index contributed by atoms with van der Waals surface area (Å²) < 4.78 is 4.53. The first-order chi connectivity index (χ1) is 3.12. The van der Waals surface area contributed by atoms with Gasteiger partial charge in [-0.25, -0.2) is 0 Å². The second-order valence-electron chi connectivity index (χ2n) is 1.25. The van der Waals surface area contributed by atoms with Crippen LogP contribution in [-0.4, -0.2) is 20.1 Å². The maximum absolute atomic E-state index is 5.16. The normalized spacial score (nSPS) is 12.0. The number of methoxy groups -OCH3 is 1. The van der Waals surface area contributed by atoms with Crippen LogP contribution in [0.2, 0.25) is 0 Å². The molecule has 0 amide bonds. The van der Waals surface area contributed by atoms with Gasteiger partial charge in [0.05, 0.1) is 0 Å². The number of rotatable bonds is 2. The summed E-state index contributed by atoms with van der Waals surface area (Å²) in [5.41, 5.74) is 10.3. The summed E-state index contributed by atoms with van der Waals surface area (Å²) in [6, 6.07) is 0. The minimum absolute atomic E-state index is 1.17. The Kier molecular flexibility index (Phi) is 2.17. The van der Waals surface area contributed by atoms with Crippen molar-refractivity contribution in [3.63, 3.8) is 0 Å². The minimum atomic E-state index is -1.17. The smallest absolute Gasteiger partial charge is 0.229 e. The van der Waals surface area contributed by atoms with Gasteiger partial charge in [-0.15, -0.1) is 0 Å². The summed E-state index contributed by atoms with van der Waals surface area (Å²) in [5, 5.41) is 2.52. The van der Waals surface area contributed by atoms with Crippen LogP contribution in [0.1, 0.15) is 0 Å². The predicted octanol–water partition coefficient (Wildman–Crippen LogP) is -1.62. The molecule has 0 radical (unpaired) electrons. The standard InChI is InChI=1S/C3H11N3O/c1-6-3(4,5)7-2/h6H,4-5H2,1-2H3. The van der Waals surface area contributed by atoms with E-state index in [1.807, 2.05) is 0 Å². The Hall–Kier alpha value is -0.160. The van der Waals surface area contributed by atoms with E-state index in [-0.39, 0.29) is 0 Å². The van der Waals surface area contributed by atoms with E-state index in [0.29, 0.717) is 0 Å². The fraction of sp³-hybridized carbons (Fsp3) is 1.00. The second-order valence-corrected chi connectivity index (χ2v) is 1.25. The van der Waals surface area contributed by atoms with Crippen LogP contribution >= 0.6 is 0 Å². The molecule has 0 aliphatic heterocycles. The van der Waals surface area contributed by atoms with Gasteiger partial charge in [-0.2, -0.15) is 0 Å². The molecule has 0 aliphatic rings. The highest BCUT2D eigenvalue weighted by molar-refractivity contribution is 4.53. The Morgan fingerprint density at radius 1 is 1.57 bits per heavy atom. The van der Waals surface area contributed by atoms with Gasteiger partial charge in [-0.1, -0.05) is 0 Å². The average Bonchev–Trinajstić information content (AvgIpc) is 1.68. The molecule has 0 heterocycles. The van der Waals surface area contributed by atoms with Crippen LogP contribution in [0.15, 0.2) is 0 Å². The second kappa shape index (κ2) is 2.23. The lowest BCUT2D eigenvalue weighted by molar-refractivity contribution is -0.0227. The number of hydrogen-bond acceptors (Lipinski definition) is 4. The lowest BCUT2D eigenvalue weighted by Gasteiger charge is -2.20. The zero-order chi connectivity index (χ0) is 5.91. The van der Waals surface area contributed by atoms with Crippen molar-refractivity contribution < 1.29 is 4.74 Å². The Morgan fingerprint density at radius 3 is 2.00 bits per heavy atom. The molecule has 0 unspecified atom stereocenters. The van der Waals surface area contributed by atoms with Crippen LogP contribution in [0.25, 0.3) is 0 Å². The summed E-state index contributed by atoms with van der Waals surface area (Å²) >= 11 is 0. The van der Waals surface area contributed by atoms with Crippen LogP contribution < -0.4 is 16.8 Å². The van der Waals surface area contributed by atoms with Crippen molar-refractivity contribution in [3.05, 3.63) is 0 Å². The van der Waals surface area contributed by atoms with Gasteiger partial charge in [0.15, 0.2) is 0 Å². The summed E-state index contributed by atoms with van der Waals surface area (Å²) in [7, 11) is 3.04.